The minimum absolute atomic E-state index is 0.113. The van der Waals surface area contributed by atoms with E-state index in [0.717, 1.165) is 30.8 Å². The maximum absolute atomic E-state index is 12.1. The van der Waals surface area contributed by atoms with Crippen LogP contribution in [0.4, 0.5) is 10.7 Å². The second kappa shape index (κ2) is 6.31. The van der Waals surface area contributed by atoms with Crippen molar-refractivity contribution >= 4 is 33.8 Å². The molecule has 0 aromatic carbocycles. The average molecular weight is 312 g/mol. The van der Waals surface area contributed by atoms with Gasteiger partial charge in [-0.25, -0.2) is 0 Å². The zero-order valence-corrected chi connectivity index (χ0v) is 13.0. The van der Waals surface area contributed by atoms with Gasteiger partial charge in [-0.2, -0.15) is 0 Å². The lowest BCUT2D eigenvalue weighted by molar-refractivity contribution is 0.0833. The van der Waals surface area contributed by atoms with Crippen LogP contribution in [0.5, 0.6) is 0 Å². The molecule has 1 saturated heterocycles. The summed E-state index contributed by atoms with van der Waals surface area (Å²) in [6.07, 6.45) is 2.12. The Kier molecular flexibility index (Phi) is 4.69. The summed E-state index contributed by atoms with van der Waals surface area (Å²) in [6, 6.07) is 0. The van der Waals surface area contributed by atoms with Gasteiger partial charge in [-0.05, 0) is 12.8 Å². The number of hydrogen-bond acceptors (Lipinski definition) is 6. The summed E-state index contributed by atoms with van der Waals surface area (Å²) >= 11 is 1.15. The van der Waals surface area contributed by atoms with E-state index in [4.69, 9.17) is 16.2 Å². The van der Waals surface area contributed by atoms with Gasteiger partial charge in [0.15, 0.2) is 0 Å². The Morgan fingerprint density at radius 2 is 2.19 bits per heavy atom. The molecule has 116 valence electrons. The minimum Gasteiger partial charge on any atom is -0.397 e. The molecule has 5 N–H and O–H groups in total. The largest absolute Gasteiger partial charge is 0.397 e. The summed E-state index contributed by atoms with van der Waals surface area (Å²) in [5.74, 6) is -0.887. The summed E-state index contributed by atoms with van der Waals surface area (Å²) in [6.45, 7) is 1.32. The first kappa shape index (κ1) is 15.6. The molecule has 8 heteroatoms. The second-order valence-electron chi connectivity index (χ2n) is 5.13. The molecule has 1 aliphatic rings. The Morgan fingerprint density at radius 1 is 1.48 bits per heavy atom. The lowest BCUT2D eigenvalue weighted by Crippen LogP contribution is -2.22. The van der Waals surface area contributed by atoms with Crippen molar-refractivity contribution in [2.75, 3.05) is 38.3 Å². The van der Waals surface area contributed by atoms with Crippen LogP contribution in [-0.4, -0.2) is 50.1 Å². The first-order valence-corrected chi connectivity index (χ1v) is 7.52. The Hall–Kier alpha value is -1.80. The Bertz CT molecular complexity index is 550. The van der Waals surface area contributed by atoms with E-state index in [0.29, 0.717) is 16.4 Å². The molecule has 1 aromatic heterocycles. The third kappa shape index (κ3) is 3.27. The molecule has 2 rings (SSSR count). The minimum atomic E-state index is -0.642. The quantitative estimate of drug-likeness (QED) is 0.742. The molecule has 1 aliphatic heterocycles. The van der Waals surface area contributed by atoms with E-state index < -0.39 is 5.91 Å². The predicted octanol–water partition coefficient (Wildman–Crippen LogP) is 0.722. The highest BCUT2D eigenvalue weighted by Crippen LogP contribution is 2.36. The number of nitrogens with two attached hydrogens (primary N) is 2. The number of nitrogen functional groups attached to an aromatic ring is 1. The fraction of sp³-hybridized carbons (Fsp3) is 0.538. The molecular formula is C13H20N4O3S. The molecule has 0 bridgehead atoms. The predicted molar refractivity (Wildman–Crippen MR) is 82.7 cm³/mol. The SMILES string of the molecule is CN(C)C(=O)c1sc(NCC2CCCO2)c(C(N)=O)c1N. The van der Waals surface area contributed by atoms with Crippen LogP contribution < -0.4 is 16.8 Å². The van der Waals surface area contributed by atoms with Crippen molar-refractivity contribution in [1.29, 1.82) is 0 Å². The number of thiophene rings is 1. The first-order valence-electron chi connectivity index (χ1n) is 6.71. The molecule has 7 nitrogen and oxygen atoms in total. The van der Waals surface area contributed by atoms with Crippen LogP contribution in [0, 0.1) is 0 Å². The molecule has 1 atom stereocenters. The highest BCUT2D eigenvalue weighted by Gasteiger charge is 2.26. The van der Waals surface area contributed by atoms with E-state index in [1.807, 2.05) is 0 Å². The van der Waals surface area contributed by atoms with Crippen LogP contribution in [0.1, 0.15) is 32.9 Å². The van der Waals surface area contributed by atoms with E-state index in [9.17, 15) is 9.59 Å². The zero-order valence-electron chi connectivity index (χ0n) is 12.1. The number of rotatable bonds is 5. The Morgan fingerprint density at radius 3 is 2.71 bits per heavy atom. The number of primary amides is 1. The summed E-state index contributed by atoms with van der Waals surface area (Å²) in [4.78, 5) is 25.4. The number of hydrogen-bond donors (Lipinski definition) is 3. The maximum atomic E-state index is 12.1. The second-order valence-corrected chi connectivity index (χ2v) is 6.15. The van der Waals surface area contributed by atoms with Gasteiger partial charge in [-0.1, -0.05) is 0 Å². The lowest BCUT2D eigenvalue weighted by Gasteiger charge is -2.11. The van der Waals surface area contributed by atoms with Crippen molar-refractivity contribution in [3.05, 3.63) is 10.4 Å². The number of nitrogens with one attached hydrogen (secondary N) is 1. The van der Waals surface area contributed by atoms with Crippen LogP contribution in [0.3, 0.4) is 0 Å². The molecule has 0 spiro atoms. The summed E-state index contributed by atoms with van der Waals surface area (Å²) in [5, 5.41) is 3.66. The fourth-order valence-electron chi connectivity index (χ4n) is 2.19. The standard InChI is InChI=1S/C13H20N4O3S/c1-17(2)13(19)10-9(14)8(11(15)18)12(21-10)16-6-7-4-3-5-20-7/h7,16H,3-6,14H2,1-2H3,(H2,15,18). The lowest BCUT2D eigenvalue weighted by atomic mass is 10.2. The van der Waals surface area contributed by atoms with E-state index in [2.05, 4.69) is 5.32 Å². The number of carbonyl (C=O) groups is 2. The van der Waals surface area contributed by atoms with Gasteiger partial charge in [-0.3, -0.25) is 9.59 Å². The molecule has 2 amide bonds. The van der Waals surface area contributed by atoms with Crippen molar-refractivity contribution in [2.24, 2.45) is 5.73 Å². The number of ether oxygens (including phenoxy) is 1. The molecular weight excluding hydrogens is 292 g/mol. The van der Waals surface area contributed by atoms with Crippen molar-refractivity contribution in [3.63, 3.8) is 0 Å². The summed E-state index contributed by atoms with van der Waals surface area (Å²) in [7, 11) is 3.26. The number of nitrogens with zero attached hydrogens (tertiary/aromatic N) is 1. The molecule has 1 unspecified atom stereocenters. The van der Waals surface area contributed by atoms with Crippen molar-refractivity contribution in [3.8, 4) is 0 Å². The molecule has 2 heterocycles. The third-order valence-electron chi connectivity index (χ3n) is 3.31. The summed E-state index contributed by atoms with van der Waals surface area (Å²) < 4.78 is 5.52. The number of carbonyl (C=O) groups excluding carboxylic acids is 2. The van der Waals surface area contributed by atoms with E-state index in [1.54, 1.807) is 14.1 Å². The van der Waals surface area contributed by atoms with E-state index in [1.165, 1.54) is 4.90 Å². The van der Waals surface area contributed by atoms with Crippen LogP contribution >= 0.6 is 11.3 Å². The van der Waals surface area contributed by atoms with Gasteiger partial charge >= 0.3 is 0 Å². The van der Waals surface area contributed by atoms with Gasteiger partial charge in [-0.15, -0.1) is 11.3 Å². The Balaban J connectivity index is 2.24. The maximum Gasteiger partial charge on any atom is 0.265 e. The first-order chi connectivity index (χ1) is 9.91. The van der Waals surface area contributed by atoms with Gasteiger partial charge in [0.2, 0.25) is 0 Å². The van der Waals surface area contributed by atoms with Crippen molar-refractivity contribution in [2.45, 2.75) is 18.9 Å². The highest BCUT2D eigenvalue weighted by molar-refractivity contribution is 7.19. The molecule has 0 saturated carbocycles. The number of anilines is 2. The number of amides is 2. The normalized spacial score (nSPS) is 17.7. The van der Waals surface area contributed by atoms with Gasteiger partial charge < -0.3 is 26.4 Å². The van der Waals surface area contributed by atoms with Crippen LogP contribution in [0.15, 0.2) is 0 Å². The summed E-state index contributed by atoms with van der Waals surface area (Å²) in [5.41, 5.74) is 11.6. The van der Waals surface area contributed by atoms with Crippen LogP contribution in [-0.2, 0) is 4.74 Å². The smallest absolute Gasteiger partial charge is 0.265 e. The average Bonchev–Trinajstić information content (AvgIpc) is 3.02. The monoisotopic (exact) mass is 312 g/mol. The van der Waals surface area contributed by atoms with Crippen molar-refractivity contribution < 1.29 is 14.3 Å². The molecule has 1 aromatic rings. The topological polar surface area (TPSA) is 111 Å². The fourth-order valence-corrected chi connectivity index (χ4v) is 3.34. The molecule has 21 heavy (non-hydrogen) atoms. The van der Waals surface area contributed by atoms with E-state index >= 15 is 0 Å². The van der Waals surface area contributed by atoms with Gasteiger partial charge in [0, 0.05) is 27.2 Å². The Labute approximate surface area is 127 Å². The van der Waals surface area contributed by atoms with Gasteiger partial charge in [0.25, 0.3) is 11.8 Å². The zero-order chi connectivity index (χ0) is 15.6. The van der Waals surface area contributed by atoms with Gasteiger partial charge in [0.05, 0.1) is 17.4 Å². The van der Waals surface area contributed by atoms with Gasteiger partial charge in [0.1, 0.15) is 9.88 Å². The van der Waals surface area contributed by atoms with E-state index in [-0.39, 0.29) is 23.3 Å². The molecule has 0 radical (unpaired) electrons. The molecule has 0 aliphatic carbocycles. The van der Waals surface area contributed by atoms with Crippen LogP contribution in [0.25, 0.3) is 0 Å². The van der Waals surface area contributed by atoms with Crippen molar-refractivity contribution in [1.82, 2.24) is 4.90 Å². The van der Waals surface area contributed by atoms with Crippen LogP contribution in [0.2, 0.25) is 0 Å². The highest BCUT2D eigenvalue weighted by atomic mass is 32.1. The third-order valence-corrected chi connectivity index (χ3v) is 4.46. The molecule has 1 fully saturated rings.